The van der Waals surface area contributed by atoms with Crippen LogP contribution in [0, 0.1) is 11.8 Å². The molecule has 0 rings (SSSR count). The third-order valence-corrected chi connectivity index (χ3v) is 2.83. The van der Waals surface area contributed by atoms with Gasteiger partial charge in [-0.25, -0.2) is 0 Å². The van der Waals surface area contributed by atoms with Crippen LogP contribution in [0.2, 0.25) is 0 Å². The van der Waals surface area contributed by atoms with Crippen LogP contribution in [-0.4, -0.2) is 19.0 Å². The van der Waals surface area contributed by atoms with Crippen molar-refractivity contribution in [2.24, 2.45) is 17.6 Å². The average Bonchev–Trinajstić information content (AvgIpc) is 2.20. The topological polar surface area (TPSA) is 55.1 Å². The van der Waals surface area contributed by atoms with E-state index in [4.69, 9.17) is 17.3 Å². The van der Waals surface area contributed by atoms with Gasteiger partial charge in [0.25, 0.3) is 0 Å². The summed E-state index contributed by atoms with van der Waals surface area (Å²) in [5.74, 6) is 1.12. The van der Waals surface area contributed by atoms with Gasteiger partial charge in [-0.1, -0.05) is 32.0 Å². The molecule has 1 atom stereocenters. The maximum atomic E-state index is 11.4. The molecule has 0 saturated heterocycles. The van der Waals surface area contributed by atoms with Gasteiger partial charge in [0.05, 0.1) is 6.54 Å². The Hall–Kier alpha value is -0.540. The first kappa shape index (κ1) is 15.5. The molecule has 94 valence electrons. The van der Waals surface area contributed by atoms with Crippen LogP contribution in [0.1, 0.15) is 33.1 Å². The van der Waals surface area contributed by atoms with Gasteiger partial charge in [0.2, 0.25) is 5.91 Å². The van der Waals surface area contributed by atoms with E-state index in [0.29, 0.717) is 36.4 Å². The second kappa shape index (κ2) is 8.59. The van der Waals surface area contributed by atoms with E-state index < -0.39 is 0 Å². The summed E-state index contributed by atoms with van der Waals surface area (Å²) in [6.07, 6.45) is 2.40. The van der Waals surface area contributed by atoms with E-state index in [1.54, 1.807) is 0 Å². The van der Waals surface area contributed by atoms with Crippen LogP contribution in [0.5, 0.6) is 0 Å². The maximum Gasteiger partial charge on any atom is 0.220 e. The highest BCUT2D eigenvalue weighted by molar-refractivity contribution is 6.29. The fourth-order valence-electron chi connectivity index (χ4n) is 1.62. The SMILES string of the molecule is C=C(Cl)CNC(=O)CCC(CCN)C(C)C. The molecule has 4 heteroatoms. The standard InChI is InChI=1S/C12H23ClN2O/c1-9(2)11(6-7-14)4-5-12(16)15-8-10(3)13/h9,11H,3-8,14H2,1-2H3,(H,15,16). The molecule has 3 nitrogen and oxygen atoms in total. The van der Waals surface area contributed by atoms with Crippen molar-refractivity contribution in [3.8, 4) is 0 Å². The minimum atomic E-state index is 0.0319. The molecule has 0 radical (unpaired) electrons. The van der Waals surface area contributed by atoms with Crippen LogP contribution >= 0.6 is 11.6 Å². The molecule has 3 N–H and O–H groups in total. The quantitative estimate of drug-likeness (QED) is 0.690. The van der Waals surface area contributed by atoms with Gasteiger partial charge in [-0.3, -0.25) is 4.79 Å². The minimum Gasteiger partial charge on any atom is -0.351 e. The summed E-state index contributed by atoms with van der Waals surface area (Å²) in [4.78, 5) is 11.4. The Balaban J connectivity index is 3.82. The Kier molecular flexibility index (Phi) is 8.30. The lowest BCUT2D eigenvalue weighted by Crippen LogP contribution is -2.25. The predicted octanol–water partition coefficient (Wildman–Crippen LogP) is 2.26. The Bertz CT molecular complexity index is 229. The van der Waals surface area contributed by atoms with Crippen molar-refractivity contribution in [3.63, 3.8) is 0 Å². The van der Waals surface area contributed by atoms with E-state index in [2.05, 4.69) is 25.7 Å². The van der Waals surface area contributed by atoms with Gasteiger partial charge in [-0.05, 0) is 31.2 Å². The summed E-state index contributed by atoms with van der Waals surface area (Å²) >= 11 is 5.56. The minimum absolute atomic E-state index is 0.0319. The van der Waals surface area contributed by atoms with Crippen LogP contribution in [0.3, 0.4) is 0 Å². The summed E-state index contributed by atoms with van der Waals surface area (Å²) in [6, 6.07) is 0. The molecule has 0 aromatic carbocycles. The van der Waals surface area contributed by atoms with Crippen molar-refractivity contribution >= 4 is 17.5 Å². The zero-order valence-electron chi connectivity index (χ0n) is 10.3. The number of rotatable bonds is 8. The van der Waals surface area contributed by atoms with Crippen molar-refractivity contribution in [2.75, 3.05) is 13.1 Å². The van der Waals surface area contributed by atoms with Crippen molar-refractivity contribution in [2.45, 2.75) is 33.1 Å². The molecular formula is C12H23ClN2O. The van der Waals surface area contributed by atoms with Crippen molar-refractivity contribution in [3.05, 3.63) is 11.6 Å². The van der Waals surface area contributed by atoms with Crippen LogP contribution in [0.4, 0.5) is 0 Å². The van der Waals surface area contributed by atoms with Gasteiger partial charge in [0, 0.05) is 11.5 Å². The molecule has 0 aliphatic heterocycles. The Morgan fingerprint density at radius 3 is 2.50 bits per heavy atom. The number of nitrogens with two attached hydrogens (primary N) is 1. The molecule has 0 aliphatic rings. The fraction of sp³-hybridized carbons (Fsp3) is 0.750. The second-order valence-corrected chi connectivity index (χ2v) is 4.95. The Morgan fingerprint density at radius 1 is 1.44 bits per heavy atom. The first-order valence-corrected chi connectivity index (χ1v) is 6.15. The normalized spacial score (nSPS) is 12.6. The van der Waals surface area contributed by atoms with Gasteiger partial charge in [0.1, 0.15) is 0 Å². The second-order valence-electron chi connectivity index (χ2n) is 4.41. The van der Waals surface area contributed by atoms with Gasteiger partial charge in [-0.2, -0.15) is 0 Å². The summed E-state index contributed by atoms with van der Waals surface area (Å²) < 4.78 is 0. The van der Waals surface area contributed by atoms with Crippen molar-refractivity contribution < 1.29 is 4.79 Å². The third-order valence-electron chi connectivity index (χ3n) is 2.70. The molecule has 0 heterocycles. The zero-order valence-corrected chi connectivity index (χ0v) is 11.0. The Labute approximate surface area is 103 Å². The number of carbonyl (C=O) groups excluding carboxylic acids is 1. The highest BCUT2D eigenvalue weighted by atomic mass is 35.5. The lowest BCUT2D eigenvalue weighted by atomic mass is 9.88. The van der Waals surface area contributed by atoms with E-state index in [9.17, 15) is 4.79 Å². The molecule has 0 bridgehead atoms. The molecule has 0 fully saturated rings. The molecular weight excluding hydrogens is 224 g/mol. The summed E-state index contributed by atoms with van der Waals surface area (Å²) in [5, 5.41) is 3.17. The van der Waals surface area contributed by atoms with E-state index in [1.165, 1.54) is 0 Å². The lowest BCUT2D eigenvalue weighted by molar-refractivity contribution is -0.121. The van der Waals surface area contributed by atoms with Gasteiger partial charge < -0.3 is 11.1 Å². The van der Waals surface area contributed by atoms with Crippen LogP contribution < -0.4 is 11.1 Å². The number of nitrogens with one attached hydrogen (secondary N) is 1. The highest BCUT2D eigenvalue weighted by Gasteiger charge is 2.14. The smallest absolute Gasteiger partial charge is 0.220 e. The first-order valence-electron chi connectivity index (χ1n) is 5.77. The number of hydrogen-bond acceptors (Lipinski definition) is 2. The van der Waals surface area contributed by atoms with Crippen molar-refractivity contribution in [1.29, 1.82) is 0 Å². The monoisotopic (exact) mass is 246 g/mol. The molecule has 16 heavy (non-hydrogen) atoms. The molecule has 0 aromatic rings. The van der Waals surface area contributed by atoms with Crippen LogP contribution in [0.15, 0.2) is 11.6 Å². The molecule has 0 aliphatic carbocycles. The molecule has 1 amide bonds. The average molecular weight is 247 g/mol. The number of carbonyl (C=O) groups is 1. The third kappa shape index (κ3) is 7.71. The van der Waals surface area contributed by atoms with Gasteiger partial charge in [-0.15, -0.1) is 0 Å². The van der Waals surface area contributed by atoms with Gasteiger partial charge in [0.15, 0.2) is 0 Å². The largest absolute Gasteiger partial charge is 0.351 e. The molecule has 0 aromatic heterocycles. The van der Waals surface area contributed by atoms with Crippen molar-refractivity contribution in [1.82, 2.24) is 5.32 Å². The van der Waals surface area contributed by atoms with E-state index in [-0.39, 0.29) is 5.91 Å². The van der Waals surface area contributed by atoms with E-state index >= 15 is 0 Å². The Morgan fingerprint density at radius 2 is 2.06 bits per heavy atom. The summed E-state index contributed by atoms with van der Waals surface area (Å²) in [6.45, 7) is 8.88. The summed E-state index contributed by atoms with van der Waals surface area (Å²) in [5.41, 5.74) is 5.54. The lowest BCUT2D eigenvalue weighted by Gasteiger charge is -2.19. The summed E-state index contributed by atoms with van der Waals surface area (Å²) in [7, 11) is 0. The first-order chi connectivity index (χ1) is 7.47. The van der Waals surface area contributed by atoms with E-state index in [0.717, 1.165) is 12.8 Å². The predicted molar refractivity (Wildman–Crippen MR) is 69.2 cm³/mol. The number of halogens is 1. The maximum absolute atomic E-state index is 11.4. The molecule has 1 unspecified atom stereocenters. The zero-order chi connectivity index (χ0) is 12.6. The van der Waals surface area contributed by atoms with Gasteiger partial charge >= 0.3 is 0 Å². The number of hydrogen-bond donors (Lipinski definition) is 2. The number of amides is 1. The molecule has 0 saturated carbocycles. The highest BCUT2D eigenvalue weighted by Crippen LogP contribution is 2.20. The van der Waals surface area contributed by atoms with Crippen LogP contribution in [-0.2, 0) is 4.79 Å². The fourth-order valence-corrected chi connectivity index (χ4v) is 1.69. The van der Waals surface area contributed by atoms with E-state index in [1.807, 2.05) is 0 Å². The molecule has 0 spiro atoms. The van der Waals surface area contributed by atoms with Crippen LogP contribution in [0.25, 0.3) is 0 Å².